The van der Waals surface area contributed by atoms with Crippen LogP contribution in [0.25, 0.3) is 16.9 Å². The summed E-state index contributed by atoms with van der Waals surface area (Å²) in [5.74, 6) is 0. The van der Waals surface area contributed by atoms with Crippen molar-refractivity contribution in [2.75, 3.05) is 0 Å². The maximum Gasteiger partial charge on any atom is 0.240 e. The standard InChI is InChI=1S/C18H15N5O2S2/c24-27(25,16-4-2-15(3-5-16)23-10-1-7-21-23)22-12-17-18(20-9-8-19-17)14-6-11-26-13-14/h1-11,13,22H,12H2. The first kappa shape index (κ1) is 17.5. The van der Waals surface area contributed by atoms with Gasteiger partial charge >= 0.3 is 0 Å². The van der Waals surface area contributed by atoms with Crippen molar-refractivity contribution in [1.82, 2.24) is 24.5 Å². The predicted octanol–water partition coefficient (Wildman–Crippen LogP) is 2.87. The molecule has 0 fully saturated rings. The van der Waals surface area contributed by atoms with Crippen LogP contribution in [0.1, 0.15) is 5.69 Å². The molecule has 3 aromatic heterocycles. The van der Waals surface area contributed by atoms with Crippen molar-refractivity contribution < 1.29 is 8.42 Å². The molecular weight excluding hydrogens is 382 g/mol. The van der Waals surface area contributed by atoms with Crippen LogP contribution in [-0.4, -0.2) is 28.2 Å². The van der Waals surface area contributed by atoms with Gasteiger partial charge in [-0.1, -0.05) is 0 Å². The Balaban J connectivity index is 1.53. The van der Waals surface area contributed by atoms with Gasteiger partial charge in [0.15, 0.2) is 0 Å². The van der Waals surface area contributed by atoms with E-state index in [1.165, 1.54) is 0 Å². The third-order valence-electron chi connectivity index (χ3n) is 3.91. The van der Waals surface area contributed by atoms with Crippen LogP contribution in [0.15, 0.2) is 76.8 Å². The molecule has 3 heterocycles. The third-order valence-corrected chi connectivity index (χ3v) is 6.01. The van der Waals surface area contributed by atoms with Crippen LogP contribution in [0.2, 0.25) is 0 Å². The summed E-state index contributed by atoms with van der Waals surface area (Å²) in [6, 6.07) is 10.3. The molecule has 1 aromatic carbocycles. The topological polar surface area (TPSA) is 89.8 Å². The van der Waals surface area contributed by atoms with E-state index in [0.29, 0.717) is 11.4 Å². The number of benzene rings is 1. The lowest BCUT2D eigenvalue weighted by Crippen LogP contribution is -2.24. The fourth-order valence-corrected chi connectivity index (χ4v) is 4.21. The first-order valence-electron chi connectivity index (χ1n) is 8.06. The average molecular weight is 397 g/mol. The van der Waals surface area contributed by atoms with Crippen LogP contribution in [0.5, 0.6) is 0 Å². The van der Waals surface area contributed by atoms with E-state index in [0.717, 1.165) is 11.3 Å². The van der Waals surface area contributed by atoms with E-state index >= 15 is 0 Å². The molecule has 0 saturated carbocycles. The van der Waals surface area contributed by atoms with Gasteiger partial charge in [-0.3, -0.25) is 9.97 Å². The van der Waals surface area contributed by atoms with Crippen molar-refractivity contribution in [3.05, 3.63) is 77.6 Å². The second kappa shape index (κ2) is 7.39. The largest absolute Gasteiger partial charge is 0.256 e. The first-order chi connectivity index (χ1) is 13.1. The van der Waals surface area contributed by atoms with Gasteiger partial charge in [0.25, 0.3) is 0 Å². The number of rotatable bonds is 6. The van der Waals surface area contributed by atoms with Gasteiger partial charge in [0.05, 0.1) is 28.5 Å². The van der Waals surface area contributed by atoms with E-state index in [2.05, 4.69) is 19.8 Å². The van der Waals surface area contributed by atoms with E-state index in [1.807, 2.05) is 16.8 Å². The lowest BCUT2D eigenvalue weighted by molar-refractivity contribution is 0.580. The Hall–Kier alpha value is -2.88. The molecule has 7 nitrogen and oxygen atoms in total. The maximum atomic E-state index is 12.6. The second-order valence-corrected chi connectivity index (χ2v) is 8.18. The Kier molecular flexibility index (Phi) is 4.80. The molecule has 0 spiro atoms. The van der Waals surface area contributed by atoms with Crippen LogP contribution in [0.3, 0.4) is 0 Å². The summed E-state index contributed by atoms with van der Waals surface area (Å²) in [7, 11) is -3.67. The van der Waals surface area contributed by atoms with Crippen molar-refractivity contribution in [1.29, 1.82) is 0 Å². The molecule has 0 aliphatic rings. The van der Waals surface area contributed by atoms with Crippen LogP contribution in [-0.2, 0) is 16.6 Å². The summed E-state index contributed by atoms with van der Waals surface area (Å²) in [4.78, 5) is 8.80. The Morgan fingerprint density at radius 1 is 1.04 bits per heavy atom. The molecule has 0 atom stereocenters. The lowest BCUT2D eigenvalue weighted by Gasteiger charge is -2.09. The van der Waals surface area contributed by atoms with E-state index in [9.17, 15) is 8.42 Å². The second-order valence-electron chi connectivity index (χ2n) is 5.63. The summed E-state index contributed by atoms with van der Waals surface area (Å²) >= 11 is 1.55. The molecular formula is C18H15N5O2S2. The molecule has 0 bridgehead atoms. The van der Waals surface area contributed by atoms with Crippen LogP contribution < -0.4 is 4.72 Å². The zero-order valence-electron chi connectivity index (χ0n) is 14.1. The van der Waals surface area contributed by atoms with Gasteiger partial charge in [-0.15, -0.1) is 0 Å². The summed E-state index contributed by atoms with van der Waals surface area (Å²) in [6.45, 7) is 0.0578. The number of sulfonamides is 1. The zero-order chi connectivity index (χ0) is 18.7. The third kappa shape index (κ3) is 3.80. The minimum Gasteiger partial charge on any atom is -0.256 e. The van der Waals surface area contributed by atoms with Crippen molar-refractivity contribution >= 4 is 21.4 Å². The fraction of sp³-hybridized carbons (Fsp3) is 0.0556. The predicted molar refractivity (Wildman–Crippen MR) is 103 cm³/mol. The number of nitrogens with one attached hydrogen (secondary N) is 1. The molecule has 4 rings (SSSR count). The van der Waals surface area contributed by atoms with Crippen molar-refractivity contribution in [2.24, 2.45) is 0 Å². The normalized spacial score (nSPS) is 11.6. The smallest absolute Gasteiger partial charge is 0.240 e. The van der Waals surface area contributed by atoms with Crippen molar-refractivity contribution in [3.8, 4) is 16.9 Å². The molecule has 136 valence electrons. The molecule has 1 N–H and O–H groups in total. The van der Waals surface area contributed by atoms with Gasteiger partial charge in [0.1, 0.15) is 0 Å². The summed E-state index contributed by atoms with van der Waals surface area (Å²) in [5, 5.41) is 8.02. The average Bonchev–Trinajstić information content (AvgIpc) is 3.41. The minimum absolute atomic E-state index is 0.0578. The first-order valence-corrected chi connectivity index (χ1v) is 10.5. The highest BCUT2D eigenvalue weighted by Crippen LogP contribution is 2.22. The number of aromatic nitrogens is 4. The number of hydrogen-bond donors (Lipinski definition) is 1. The van der Waals surface area contributed by atoms with E-state index in [1.54, 1.807) is 71.1 Å². The molecule has 0 amide bonds. The highest BCUT2D eigenvalue weighted by molar-refractivity contribution is 7.89. The van der Waals surface area contributed by atoms with E-state index in [4.69, 9.17) is 0 Å². The van der Waals surface area contributed by atoms with Crippen LogP contribution in [0, 0.1) is 0 Å². The van der Waals surface area contributed by atoms with Gasteiger partial charge in [-0.25, -0.2) is 17.8 Å². The monoisotopic (exact) mass is 397 g/mol. The molecule has 0 radical (unpaired) electrons. The Labute approximate surface area is 160 Å². The lowest BCUT2D eigenvalue weighted by atomic mass is 10.2. The quantitative estimate of drug-likeness (QED) is 0.540. The Morgan fingerprint density at radius 3 is 2.56 bits per heavy atom. The van der Waals surface area contributed by atoms with Crippen molar-refractivity contribution in [2.45, 2.75) is 11.4 Å². The Morgan fingerprint density at radius 2 is 1.85 bits per heavy atom. The van der Waals surface area contributed by atoms with Crippen molar-refractivity contribution in [3.63, 3.8) is 0 Å². The fourth-order valence-electron chi connectivity index (χ4n) is 2.58. The number of nitrogens with zero attached hydrogens (tertiary/aromatic N) is 4. The Bertz CT molecular complexity index is 1120. The van der Waals surface area contributed by atoms with Gasteiger partial charge in [-0.2, -0.15) is 16.4 Å². The molecule has 0 aliphatic carbocycles. The van der Waals surface area contributed by atoms with E-state index in [-0.39, 0.29) is 11.4 Å². The summed E-state index contributed by atoms with van der Waals surface area (Å²) in [6.07, 6.45) is 6.61. The molecule has 4 aromatic rings. The SMILES string of the molecule is O=S(=O)(NCc1nccnc1-c1ccsc1)c1ccc(-n2cccn2)cc1. The number of thiophene rings is 1. The zero-order valence-corrected chi connectivity index (χ0v) is 15.7. The van der Waals surface area contributed by atoms with Gasteiger partial charge < -0.3 is 0 Å². The summed E-state index contributed by atoms with van der Waals surface area (Å²) < 4.78 is 29.5. The maximum absolute atomic E-state index is 12.6. The number of hydrogen-bond acceptors (Lipinski definition) is 6. The minimum atomic E-state index is -3.67. The van der Waals surface area contributed by atoms with Crippen LogP contribution >= 0.6 is 11.3 Å². The van der Waals surface area contributed by atoms with E-state index < -0.39 is 10.0 Å². The van der Waals surface area contributed by atoms with Gasteiger partial charge in [0, 0.05) is 35.7 Å². The molecule has 0 unspecified atom stereocenters. The van der Waals surface area contributed by atoms with Gasteiger partial charge in [0.2, 0.25) is 10.0 Å². The van der Waals surface area contributed by atoms with Crippen LogP contribution in [0.4, 0.5) is 0 Å². The molecule has 0 aliphatic heterocycles. The highest BCUT2D eigenvalue weighted by atomic mass is 32.2. The highest BCUT2D eigenvalue weighted by Gasteiger charge is 2.16. The molecule has 9 heteroatoms. The van der Waals surface area contributed by atoms with Gasteiger partial charge in [-0.05, 0) is 41.8 Å². The molecule has 0 saturated heterocycles. The molecule has 27 heavy (non-hydrogen) atoms. The summed E-state index contributed by atoms with van der Waals surface area (Å²) in [5.41, 5.74) is 2.96.